The summed E-state index contributed by atoms with van der Waals surface area (Å²) >= 11 is 0. The maximum absolute atomic E-state index is 11.2. The van der Waals surface area contributed by atoms with Gasteiger partial charge in [-0.15, -0.1) is 0 Å². The number of hydrogen-bond donors (Lipinski definition) is 4. The summed E-state index contributed by atoms with van der Waals surface area (Å²) in [6, 6.07) is 0. The molecular weight excluding hydrogens is 250 g/mol. The predicted molar refractivity (Wildman–Crippen MR) is 62.0 cm³/mol. The Kier molecular flexibility index (Phi) is 7.84. The number of aliphatic hydroxyl groups excluding tert-OH is 3. The summed E-state index contributed by atoms with van der Waals surface area (Å²) in [5.41, 5.74) is -1.17. The molecule has 0 aromatic carbocycles. The van der Waals surface area contributed by atoms with Crippen LogP contribution in [0.4, 0.5) is 0 Å². The second-order valence-electron chi connectivity index (χ2n) is 3.70. The lowest BCUT2D eigenvalue weighted by Gasteiger charge is -2.28. The zero-order valence-corrected chi connectivity index (χ0v) is 10.7. The fourth-order valence-corrected chi connectivity index (χ4v) is 2.13. The van der Waals surface area contributed by atoms with Gasteiger partial charge < -0.3 is 20.6 Å². The number of aliphatic hydroxyl groups is 3. The Morgan fingerprint density at radius 2 is 1.71 bits per heavy atom. The summed E-state index contributed by atoms with van der Waals surface area (Å²) in [6.45, 7) is 0.635. The minimum Gasteiger partial charge on any atom is -0.394 e. The largest absolute Gasteiger partial charge is 0.394 e. The van der Waals surface area contributed by atoms with Crippen molar-refractivity contribution in [1.29, 1.82) is 0 Å². The molecule has 8 heteroatoms. The third-order valence-electron chi connectivity index (χ3n) is 2.28. The van der Waals surface area contributed by atoms with Gasteiger partial charge in [0.2, 0.25) is 0 Å². The summed E-state index contributed by atoms with van der Waals surface area (Å²) in [4.78, 5) is 0. The monoisotopic (exact) mass is 271 g/mol. The van der Waals surface area contributed by atoms with Gasteiger partial charge in [-0.25, -0.2) is 0 Å². The molecule has 0 amide bonds. The van der Waals surface area contributed by atoms with Gasteiger partial charge in [0.05, 0.1) is 37.7 Å². The maximum atomic E-state index is 11.2. The van der Waals surface area contributed by atoms with Crippen molar-refractivity contribution < 1.29 is 27.9 Å². The first-order chi connectivity index (χ1) is 7.95. The van der Waals surface area contributed by atoms with E-state index in [1.165, 1.54) is 0 Å². The average molecular weight is 271 g/mol. The van der Waals surface area contributed by atoms with Gasteiger partial charge in [-0.3, -0.25) is 4.18 Å². The van der Waals surface area contributed by atoms with Crippen LogP contribution in [0, 0.1) is 0 Å². The highest BCUT2D eigenvalue weighted by atomic mass is 32.2. The molecule has 0 aliphatic rings. The zero-order valence-electron chi connectivity index (χ0n) is 9.92. The van der Waals surface area contributed by atoms with Crippen LogP contribution in [0.1, 0.15) is 13.3 Å². The first-order valence-corrected chi connectivity index (χ1v) is 6.97. The molecule has 4 N–H and O–H groups in total. The van der Waals surface area contributed by atoms with E-state index in [1.54, 1.807) is 6.92 Å². The minimum atomic E-state index is -3.50. The normalized spacial score (nSPS) is 12.9. The molecule has 0 saturated heterocycles. The van der Waals surface area contributed by atoms with Gasteiger partial charge in [-0.2, -0.15) is 8.42 Å². The lowest BCUT2D eigenvalue weighted by molar-refractivity contribution is 0.0429. The van der Waals surface area contributed by atoms with E-state index >= 15 is 0 Å². The van der Waals surface area contributed by atoms with Crippen molar-refractivity contribution in [2.24, 2.45) is 0 Å². The Hall–Kier alpha value is -0.250. The lowest BCUT2D eigenvalue weighted by atomic mass is 10.0. The third kappa shape index (κ3) is 6.29. The quantitative estimate of drug-likeness (QED) is 0.269. The van der Waals surface area contributed by atoms with Crippen LogP contribution in [0.15, 0.2) is 0 Å². The summed E-state index contributed by atoms with van der Waals surface area (Å²) in [5, 5.41) is 29.7. The van der Waals surface area contributed by atoms with Gasteiger partial charge >= 0.3 is 0 Å². The van der Waals surface area contributed by atoms with Crippen molar-refractivity contribution in [3.63, 3.8) is 0 Å². The standard InChI is InChI=1S/C9H21NO6S/c1-2-16-17(14,15)5-3-4-10-9(6-11,7-12)8-13/h10-13H,2-8H2,1H3. The van der Waals surface area contributed by atoms with Gasteiger partial charge in [0, 0.05) is 0 Å². The third-order valence-corrected chi connectivity index (χ3v) is 3.66. The summed E-state index contributed by atoms with van der Waals surface area (Å²) < 4.78 is 26.9. The topological polar surface area (TPSA) is 116 Å². The van der Waals surface area contributed by atoms with Crippen molar-refractivity contribution in [2.45, 2.75) is 18.9 Å². The average Bonchev–Trinajstić information content (AvgIpc) is 2.30. The van der Waals surface area contributed by atoms with Gasteiger partial charge in [0.1, 0.15) is 0 Å². The molecule has 0 aromatic rings. The van der Waals surface area contributed by atoms with Gasteiger partial charge in [0.15, 0.2) is 0 Å². The highest BCUT2D eigenvalue weighted by Crippen LogP contribution is 2.02. The Morgan fingerprint density at radius 1 is 1.18 bits per heavy atom. The molecule has 0 unspecified atom stereocenters. The molecule has 0 aliphatic carbocycles. The highest BCUT2D eigenvalue weighted by molar-refractivity contribution is 7.86. The van der Waals surface area contributed by atoms with E-state index in [0.717, 1.165) is 0 Å². The lowest BCUT2D eigenvalue weighted by Crippen LogP contribution is -2.55. The molecule has 0 aliphatic heterocycles. The fourth-order valence-electron chi connectivity index (χ4n) is 1.16. The molecule has 0 rings (SSSR count). The molecule has 0 saturated carbocycles. The molecule has 0 atom stereocenters. The molecule has 0 fully saturated rings. The van der Waals surface area contributed by atoms with Gasteiger partial charge in [-0.05, 0) is 19.9 Å². The van der Waals surface area contributed by atoms with E-state index in [-0.39, 0.29) is 25.3 Å². The van der Waals surface area contributed by atoms with Crippen molar-refractivity contribution in [3.8, 4) is 0 Å². The van der Waals surface area contributed by atoms with E-state index < -0.39 is 35.5 Å². The van der Waals surface area contributed by atoms with E-state index in [0.29, 0.717) is 0 Å². The SMILES string of the molecule is CCOS(=O)(=O)CCCNC(CO)(CO)CO. The molecule has 0 bridgehead atoms. The van der Waals surface area contributed by atoms with Crippen LogP contribution in [0.3, 0.4) is 0 Å². The highest BCUT2D eigenvalue weighted by Gasteiger charge is 2.26. The van der Waals surface area contributed by atoms with E-state index in [9.17, 15) is 8.42 Å². The molecule has 104 valence electrons. The first-order valence-electron chi connectivity index (χ1n) is 5.40. The van der Waals surface area contributed by atoms with Crippen molar-refractivity contribution >= 4 is 10.1 Å². The Bertz CT molecular complexity index is 280. The minimum absolute atomic E-state index is 0.101. The van der Waals surface area contributed by atoms with Gasteiger partial charge in [-0.1, -0.05) is 0 Å². The van der Waals surface area contributed by atoms with Crippen LogP contribution in [0.2, 0.25) is 0 Å². The number of rotatable bonds is 10. The molecule has 0 aromatic heterocycles. The Balaban J connectivity index is 3.99. The second-order valence-corrected chi connectivity index (χ2v) is 5.46. The second kappa shape index (κ2) is 7.96. The summed E-state index contributed by atoms with van der Waals surface area (Å²) in [7, 11) is -3.50. The molecule has 7 nitrogen and oxygen atoms in total. The summed E-state index contributed by atoms with van der Waals surface area (Å²) in [6.07, 6.45) is 0.268. The van der Waals surface area contributed by atoms with E-state index in [2.05, 4.69) is 9.50 Å². The smallest absolute Gasteiger partial charge is 0.267 e. The molecule has 0 radical (unpaired) electrons. The van der Waals surface area contributed by atoms with Gasteiger partial charge in [0.25, 0.3) is 10.1 Å². The van der Waals surface area contributed by atoms with Crippen LogP contribution in [0.25, 0.3) is 0 Å². The van der Waals surface area contributed by atoms with Crippen LogP contribution >= 0.6 is 0 Å². The van der Waals surface area contributed by atoms with E-state index in [1.807, 2.05) is 0 Å². The first kappa shape index (κ1) is 16.8. The van der Waals surface area contributed by atoms with E-state index in [4.69, 9.17) is 15.3 Å². The zero-order chi connectivity index (χ0) is 13.4. The van der Waals surface area contributed by atoms with Crippen molar-refractivity contribution in [3.05, 3.63) is 0 Å². The van der Waals surface area contributed by atoms with Crippen LogP contribution in [-0.2, 0) is 14.3 Å². The van der Waals surface area contributed by atoms with Crippen LogP contribution < -0.4 is 5.32 Å². The number of nitrogens with one attached hydrogen (secondary N) is 1. The number of hydrogen-bond acceptors (Lipinski definition) is 7. The molecule has 17 heavy (non-hydrogen) atoms. The maximum Gasteiger partial charge on any atom is 0.267 e. The Morgan fingerprint density at radius 3 is 2.12 bits per heavy atom. The van der Waals surface area contributed by atoms with Crippen LogP contribution in [0.5, 0.6) is 0 Å². The van der Waals surface area contributed by atoms with Crippen molar-refractivity contribution in [1.82, 2.24) is 5.32 Å². The molecular formula is C9H21NO6S. The Labute approximate surface area is 102 Å². The molecule has 0 spiro atoms. The fraction of sp³-hybridized carbons (Fsp3) is 1.00. The van der Waals surface area contributed by atoms with Crippen LogP contribution in [-0.4, -0.2) is 68.0 Å². The van der Waals surface area contributed by atoms with Crippen molar-refractivity contribution in [2.75, 3.05) is 38.7 Å². The summed E-state index contributed by atoms with van der Waals surface area (Å²) in [5.74, 6) is -0.147. The predicted octanol–water partition coefficient (Wildman–Crippen LogP) is -1.95. The molecule has 0 heterocycles.